The van der Waals surface area contributed by atoms with Crippen molar-refractivity contribution < 1.29 is 4.79 Å². The second-order valence-corrected chi connectivity index (χ2v) is 4.30. The molecule has 2 nitrogen and oxygen atoms in total. The maximum Gasteiger partial charge on any atom is 0.148 e. The van der Waals surface area contributed by atoms with Crippen molar-refractivity contribution >= 4 is 5.78 Å². The Morgan fingerprint density at radius 1 is 1.33 bits per heavy atom. The summed E-state index contributed by atoms with van der Waals surface area (Å²) in [5, 5.41) is 0. The molecule has 1 aromatic rings. The molecule has 0 saturated carbocycles. The van der Waals surface area contributed by atoms with E-state index in [4.69, 9.17) is 0 Å². The number of nitrogens with zero attached hydrogens (tertiary/aromatic N) is 1. The van der Waals surface area contributed by atoms with Crippen molar-refractivity contribution in [1.82, 2.24) is 4.90 Å². The van der Waals surface area contributed by atoms with Crippen molar-refractivity contribution in [2.24, 2.45) is 0 Å². The maximum absolute atomic E-state index is 11.2. The summed E-state index contributed by atoms with van der Waals surface area (Å²) in [5.41, 5.74) is 1.35. The van der Waals surface area contributed by atoms with Gasteiger partial charge >= 0.3 is 0 Å². The van der Waals surface area contributed by atoms with E-state index >= 15 is 0 Å². The number of ketones is 1. The van der Waals surface area contributed by atoms with Crippen LogP contribution in [0.1, 0.15) is 18.9 Å². The zero-order valence-electron chi connectivity index (χ0n) is 9.15. The zero-order chi connectivity index (χ0) is 10.7. The molecule has 1 unspecified atom stereocenters. The van der Waals surface area contributed by atoms with Crippen LogP contribution in [0.3, 0.4) is 0 Å². The van der Waals surface area contributed by atoms with Gasteiger partial charge in [0.15, 0.2) is 0 Å². The monoisotopic (exact) mass is 203 g/mol. The minimum absolute atomic E-state index is 0.384. The fraction of sp³-hybridized carbons (Fsp3) is 0.462. The standard InChI is InChI=1S/C13H17NO/c1-11(14-8-7-13(15)10-14)9-12-5-3-2-4-6-12/h2-6,11H,7-10H2,1H3. The van der Waals surface area contributed by atoms with Crippen LogP contribution in [0.5, 0.6) is 0 Å². The van der Waals surface area contributed by atoms with Gasteiger partial charge in [0.05, 0.1) is 6.54 Å². The SMILES string of the molecule is CC(Cc1ccccc1)N1CCC(=O)C1. The third kappa shape index (κ3) is 2.66. The van der Waals surface area contributed by atoms with Gasteiger partial charge in [0, 0.05) is 19.0 Å². The van der Waals surface area contributed by atoms with Crippen LogP contribution in [0.25, 0.3) is 0 Å². The third-order valence-electron chi connectivity index (χ3n) is 3.05. The van der Waals surface area contributed by atoms with Crippen LogP contribution in [-0.4, -0.2) is 29.8 Å². The second kappa shape index (κ2) is 4.58. The summed E-state index contributed by atoms with van der Waals surface area (Å²) in [6.45, 7) is 3.78. The molecule has 2 rings (SSSR count). The van der Waals surface area contributed by atoms with Gasteiger partial charge in [-0.3, -0.25) is 9.69 Å². The summed E-state index contributed by atoms with van der Waals surface area (Å²) in [6, 6.07) is 10.9. The highest BCUT2D eigenvalue weighted by Gasteiger charge is 2.23. The first-order chi connectivity index (χ1) is 7.25. The Labute approximate surface area is 90.9 Å². The van der Waals surface area contributed by atoms with Gasteiger partial charge < -0.3 is 0 Å². The molecule has 15 heavy (non-hydrogen) atoms. The van der Waals surface area contributed by atoms with E-state index in [9.17, 15) is 4.79 Å². The van der Waals surface area contributed by atoms with Gasteiger partial charge in [0.1, 0.15) is 5.78 Å². The molecule has 0 amide bonds. The lowest BCUT2D eigenvalue weighted by Gasteiger charge is -2.22. The number of benzene rings is 1. The molecule has 1 aliphatic rings. The van der Waals surface area contributed by atoms with Crippen molar-refractivity contribution in [3.8, 4) is 0 Å². The smallest absolute Gasteiger partial charge is 0.148 e. The average Bonchev–Trinajstić information content (AvgIpc) is 2.66. The molecule has 1 aliphatic heterocycles. The quantitative estimate of drug-likeness (QED) is 0.747. The molecule has 1 fully saturated rings. The van der Waals surface area contributed by atoms with Gasteiger partial charge in [-0.05, 0) is 18.9 Å². The molecule has 1 atom stereocenters. The lowest BCUT2D eigenvalue weighted by atomic mass is 10.1. The Morgan fingerprint density at radius 3 is 2.67 bits per heavy atom. The Kier molecular flexibility index (Phi) is 3.17. The Bertz CT molecular complexity index is 334. The third-order valence-corrected chi connectivity index (χ3v) is 3.05. The predicted molar refractivity (Wildman–Crippen MR) is 60.8 cm³/mol. The summed E-state index contributed by atoms with van der Waals surface area (Å²) in [5.74, 6) is 0.384. The van der Waals surface area contributed by atoms with Gasteiger partial charge in [0.2, 0.25) is 0 Å². The van der Waals surface area contributed by atoms with Crippen LogP contribution < -0.4 is 0 Å². The van der Waals surface area contributed by atoms with Crippen LogP contribution in [-0.2, 0) is 11.2 Å². The largest absolute Gasteiger partial charge is 0.298 e. The first-order valence-electron chi connectivity index (χ1n) is 5.55. The van der Waals surface area contributed by atoms with Crippen LogP contribution >= 0.6 is 0 Å². The van der Waals surface area contributed by atoms with Crippen LogP contribution in [0.15, 0.2) is 30.3 Å². The van der Waals surface area contributed by atoms with Crippen molar-refractivity contribution in [3.05, 3.63) is 35.9 Å². The molecular weight excluding hydrogens is 186 g/mol. The molecule has 0 aliphatic carbocycles. The maximum atomic E-state index is 11.2. The van der Waals surface area contributed by atoms with Crippen molar-refractivity contribution in [2.45, 2.75) is 25.8 Å². The Morgan fingerprint density at radius 2 is 2.07 bits per heavy atom. The molecule has 0 bridgehead atoms. The molecule has 1 saturated heterocycles. The van der Waals surface area contributed by atoms with E-state index in [1.807, 2.05) is 6.07 Å². The van der Waals surface area contributed by atoms with Gasteiger partial charge in [-0.15, -0.1) is 0 Å². The first kappa shape index (κ1) is 10.4. The number of hydrogen-bond acceptors (Lipinski definition) is 2. The highest BCUT2D eigenvalue weighted by Crippen LogP contribution is 2.13. The summed E-state index contributed by atoms with van der Waals surface area (Å²) >= 11 is 0. The van der Waals surface area contributed by atoms with E-state index in [2.05, 4.69) is 36.1 Å². The summed E-state index contributed by atoms with van der Waals surface area (Å²) in [7, 11) is 0. The highest BCUT2D eigenvalue weighted by atomic mass is 16.1. The lowest BCUT2D eigenvalue weighted by Crippen LogP contribution is -2.32. The van der Waals surface area contributed by atoms with Gasteiger partial charge in [-0.1, -0.05) is 30.3 Å². The number of hydrogen-bond donors (Lipinski definition) is 0. The molecular formula is C13H17NO. The molecule has 0 aromatic heterocycles. The van der Waals surface area contributed by atoms with E-state index in [1.54, 1.807) is 0 Å². The van der Waals surface area contributed by atoms with E-state index in [1.165, 1.54) is 5.56 Å². The fourth-order valence-corrected chi connectivity index (χ4v) is 2.11. The zero-order valence-corrected chi connectivity index (χ0v) is 9.15. The number of rotatable bonds is 3. The fourth-order valence-electron chi connectivity index (χ4n) is 2.11. The lowest BCUT2D eigenvalue weighted by molar-refractivity contribution is -0.117. The van der Waals surface area contributed by atoms with E-state index in [0.29, 0.717) is 18.4 Å². The molecule has 80 valence electrons. The van der Waals surface area contributed by atoms with E-state index < -0.39 is 0 Å². The summed E-state index contributed by atoms with van der Waals surface area (Å²) in [6.07, 6.45) is 1.77. The van der Waals surface area contributed by atoms with Crippen LogP contribution in [0.4, 0.5) is 0 Å². The average molecular weight is 203 g/mol. The molecule has 1 heterocycles. The summed E-state index contributed by atoms with van der Waals surface area (Å²) < 4.78 is 0. The van der Waals surface area contributed by atoms with E-state index in [-0.39, 0.29) is 0 Å². The second-order valence-electron chi connectivity index (χ2n) is 4.30. The number of carbonyl (C=O) groups excluding carboxylic acids is 1. The van der Waals surface area contributed by atoms with Crippen LogP contribution in [0.2, 0.25) is 0 Å². The number of Topliss-reactive ketones (excluding diaryl/α,β-unsaturated/α-hetero) is 1. The molecule has 0 radical (unpaired) electrons. The minimum Gasteiger partial charge on any atom is -0.298 e. The van der Waals surface area contributed by atoms with Gasteiger partial charge in [-0.25, -0.2) is 0 Å². The topological polar surface area (TPSA) is 20.3 Å². The normalized spacial score (nSPS) is 19.4. The number of likely N-dealkylation sites (tertiary alicyclic amines) is 1. The van der Waals surface area contributed by atoms with Gasteiger partial charge in [0.25, 0.3) is 0 Å². The predicted octanol–water partition coefficient (Wildman–Crippen LogP) is 1.89. The molecule has 0 spiro atoms. The van der Waals surface area contributed by atoms with Crippen LogP contribution in [0, 0.1) is 0 Å². The molecule has 0 N–H and O–H groups in total. The van der Waals surface area contributed by atoms with Gasteiger partial charge in [-0.2, -0.15) is 0 Å². The van der Waals surface area contributed by atoms with E-state index in [0.717, 1.165) is 19.4 Å². The molecule has 1 aromatic carbocycles. The van der Waals surface area contributed by atoms with Crippen molar-refractivity contribution in [2.75, 3.05) is 13.1 Å². The van der Waals surface area contributed by atoms with Crippen molar-refractivity contribution in [1.29, 1.82) is 0 Å². The number of carbonyl (C=O) groups is 1. The minimum atomic E-state index is 0.384. The van der Waals surface area contributed by atoms with Crippen molar-refractivity contribution in [3.63, 3.8) is 0 Å². The summed E-state index contributed by atoms with van der Waals surface area (Å²) in [4.78, 5) is 13.4. The highest BCUT2D eigenvalue weighted by molar-refractivity contribution is 5.82. The Balaban J connectivity index is 1.92. The Hall–Kier alpha value is -1.15. The first-order valence-corrected chi connectivity index (χ1v) is 5.55. The molecule has 2 heteroatoms.